The van der Waals surface area contributed by atoms with E-state index in [0.29, 0.717) is 13.1 Å². The molecule has 1 saturated heterocycles. The lowest BCUT2D eigenvalue weighted by molar-refractivity contribution is -0.128. The third-order valence-electron chi connectivity index (χ3n) is 4.40. The number of rotatable bonds is 4. The summed E-state index contributed by atoms with van der Waals surface area (Å²) in [7, 11) is 0. The number of aryl methyl sites for hydroxylation is 2. The number of phenolic OH excluding ortho intramolecular Hbond substituents is 1. The summed E-state index contributed by atoms with van der Waals surface area (Å²) < 4.78 is 0. The minimum atomic E-state index is -0.351. The summed E-state index contributed by atoms with van der Waals surface area (Å²) in [5.41, 5.74) is 3.37. The maximum Gasteiger partial charge on any atom is 0.255 e. The largest absolute Gasteiger partial charge is 0.507 e. The van der Waals surface area contributed by atoms with Crippen LogP contribution >= 0.6 is 0 Å². The normalized spacial score (nSPS) is 17.0. The van der Waals surface area contributed by atoms with Crippen LogP contribution in [0.15, 0.2) is 42.5 Å². The Bertz CT molecular complexity index is 816. The molecule has 0 saturated carbocycles. The summed E-state index contributed by atoms with van der Waals surface area (Å²) in [6, 6.07) is 12.7. The molecule has 0 spiro atoms. The average molecular weight is 338 g/mol. The number of amides is 2. The van der Waals surface area contributed by atoms with E-state index in [-0.39, 0.29) is 35.6 Å². The number of carbonyl (C=O) groups excluding carboxylic acids is 2. The first kappa shape index (κ1) is 17.0. The van der Waals surface area contributed by atoms with Gasteiger partial charge in [-0.2, -0.15) is 0 Å². The van der Waals surface area contributed by atoms with Crippen molar-refractivity contribution in [2.24, 2.45) is 0 Å². The summed E-state index contributed by atoms with van der Waals surface area (Å²) in [4.78, 5) is 26.4. The van der Waals surface area contributed by atoms with Crippen LogP contribution in [0.3, 0.4) is 0 Å². The highest BCUT2D eigenvalue weighted by Crippen LogP contribution is 2.20. The third-order valence-corrected chi connectivity index (χ3v) is 4.40. The van der Waals surface area contributed by atoms with E-state index in [1.54, 1.807) is 17.0 Å². The highest BCUT2D eigenvalue weighted by Gasteiger charge is 2.31. The minimum Gasteiger partial charge on any atom is -0.507 e. The van der Waals surface area contributed by atoms with Gasteiger partial charge < -0.3 is 15.3 Å². The lowest BCUT2D eigenvalue weighted by atomic mass is 10.1. The molecule has 5 heteroatoms. The van der Waals surface area contributed by atoms with Gasteiger partial charge in [0.05, 0.1) is 11.6 Å². The lowest BCUT2D eigenvalue weighted by Crippen LogP contribution is -2.37. The van der Waals surface area contributed by atoms with E-state index in [1.807, 2.05) is 32.0 Å². The molecule has 0 aliphatic carbocycles. The molecular formula is C20H22N2O3. The molecule has 130 valence electrons. The summed E-state index contributed by atoms with van der Waals surface area (Å²) in [6.45, 7) is 4.90. The fourth-order valence-corrected chi connectivity index (χ4v) is 3.15. The Balaban J connectivity index is 1.64. The molecule has 1 aliphatic heterocycles. The zero-order chi connectivity index (χ0) is 18.0. The van der Waals surface area contributed by atoms with Crippen LogP contribution in [0, 0.1) is 13.8 Å². The summed E-state index contributed by atoms with van der Waals surface area (Å²) in [5.74, 6) is -0.374. The Morgan fingerprint density at radius 3 is 2.72 bits per heavy atom. The van der Waals surface area contributed by atoms with Crippen LogP contribution < -0.4 is 5.32 Å². The number of hydrogen-bond acceptors (Lipinski definition) is 3. The van der Waals surface area contributed by atoms with Crippen molar-refractivity contribution in [3.05, 3.63) is 64.7 Å². The number of nitrogens with zero attached hydrogens (tertiary/aromatic N) is 1. The lowest BCUT2D eigenvalue weighted by Gasteiger charge is -2.18. The van der Waals surface area contributed by atoms with Gasteiger partial charge in [-0.1, -0.05) is 41.5 Å². The molecule has 0 bridgehead atoms. The van der Waals surface area contributed by atoms with E-state index in [1.165, 1.54) is 6.07 Å². The first-order chi connectivity index (χ1) is 11.9. The van der Waals surface area contributed by atoms with Crippen molar-refractivity contribution in [3.8, 4) is 5.75 Å². The van der Waals surface area contributed by atoms with E-state index in [2.05, 4.69) is 11.4 Å². The fraction of sp³-hybridized carbons (Fsp3) is 0.300. The zero-order valence-corrected chi connectivity index (χ0v) is 14.5. The van der Waals surface area contributed by atoms with Gasteiger partial charge in [0.2, 0.25) is 5.91 Å². The summed E-state index contributed by atoms with van der Waals surface area (Å²) in [5, 5.41) is 12.7. The van der Waals surface area contributed by atoms with Crippen LogP contribution in [0.4, 0.5) is 0 Å². The molecule has 1 unspecified atom stereocenters. The number of likely N-dealkylation sites (tertiary alicyclic amines) is 1. The average Bonchev–Trinajstić information content (AvgIpc) is 2.89. The SMILES string of the molecule is Cc1cccc(CN2CC(NC(=O)c3cc(C)ccc3O)CC2=O)c1. The zero-order valence-electron chi connectivity index (χ0n) is 14.5. The second-order valence-corrected chi connectivity index (χ2v) is 6.66. The molecule has 2 aromatic carbocycles. The number of aromatic hydroxyl groups is 1. The molecule has 25 heavy (non-hydrogen) atoms. The van der Waals surface area contributed by atoms with Crippen molar-refractivity contribution in [1.29, 1.82) is 0 Å². The van der Waals surface area contributed by atoms with E-state index in [9.17, 15) is 14.7 Å². The van der Waals surface area contributed by atoms with Crippen molar-refractivity contribution >= 4 is 11.8 Å². The van der Waals surface area contributed by atoms with Gasteiger partial charge in [0.15, 0.2) is 0 Å². The number of nitrogens with one attached hydrogen (secondary N) is 1. The van der Waals surface area contributed by atoms with Gasteiger partial charge in [-0.05, 0) is 31.5 Å². The molecule has 1 heterocycles. The van der Waals surface area contributed by atoms with Gasteiger partial charge in [0.25, 0.3) is 5.91 Å². The van der Waals surface area contributed by atoms with Crippen LogP contribution in [-0.2, 0) is 11.3 Å². The molecule has 0 radical (unpaired) electrons. The molecule has 1 aliphatic rings. The summed E-state index contributed by atoms with van der Waals surface area (Å²) in [6.07, 6.45) is 0.282. The van der Waals surface area contributed by atoms with Gasteiger partial charge in [0, 0.05) is 19.5 Å². The Morgan fingerprint density at radius 1 is 1.20 bits per heavy atom. The van der Waals surface area contributed by atoms with Crippen LogP contribution in [0.2, 0.25) is 0 Å². The van der Waals surface area contributed by atoms with Crippen molar-refractivity contribution < 1.29 is 14.7 Å². The molecule has 2 aromatic rings. The van der Waals surface area contributed by atoms with Crippen LogP contribution in [0.5, 0.6) is 5.75 Å². The molecule has 3 rings (SSSR count). The Morgan fingerprint density at radius 2 is 1.96 bits per heavy atom. The predicted octanol–water partition coefficient (Wildman–Crippen LogP) is 2.54. The van der Waals surface area contributed by atoms with Crippen molar-refractivity contribution in [3.63, 3.8) is 0 Å². The maximum atomic E-state index is 12.4. The van der Waals surface area contributed by atoms with E-state index in [4.69, 9.17) is 0 Å². The van der Waals surface area contributed by atoms with Crippen molar-refractivity contribution in [2.75, 3.05) is 6.54 Å². The third kappa shape index (κ3) is 3.99. The highest BCUT2D eigenvalue weighted by molar-refractivity contribution is 5.97. The number of carbonyl (C=O) groups is 2. The first-order valence-electron chi connectivity index (χ1n) is 8.36. The van der Waals surface area contributed by atoms with Gasteiger partial charge in [0.1, 0.15) is 5.75 Å². The van der Waals surface area contributed by atoms with Gasteiger partial charge >= 0.3 is 0 Å². The fourth-order valence-electron chi connectivity index (χ4n) is 3.15. The van der Waals surface area contributed by atoms with Crippen LogP contribution in [0.25, 0.3) is 0 Å². The van der Waals surface area contributed by atoms with Crippen LogP contribution in [0.1, 0.15) is 33.5 Å². The molecule has 2 N–H and O–H groups in total. The van der Waals surface area contributed by atoms with Crippen LogP contribution in [-0.4, -0.2) is 34.4 Å². The molecule has 1 atom stereocenters. The van der Waals surface area contributed by atoms with E-state index in [0.717, 1.165) is 16.7 Å². The Labute approximate surface area is 147 Å². The Kier molecular flexibility index (Phi) is 4.74. The number of hydrogen-bond donors (Lipinski definition) is 2. The predicted molar refractivity (Wildman–Crippen MR) is 95.3 cm³/mol. The topological polar surface area (TPSA) is 69.6 Å². The van der Waals surface area contributed by atoms with E-state index >= 15 is 0 Å². The molecule has 1 fully saturated rings. The van der Waals surface area contributed by atoms with E-state index < -0.39 is 0 Å². The second kappa shape index (κ2) is 6.97. The summed E-state index contributed by atoms with van der Waals surface area (Å²) >= 11 is 0. The number of benzene rings is 2. The smallest absolute Gasteiger partial charge is 0.255 e. The molecule has 0 aromatic heterocycles. The quantitative estimate of drug-likeness (QED) is 0.900. The Hall–Kier alpha value is -2.82. The highest BCUT2D eigenvalue weighted by atomic mass is 16.3. The van der Waals surface area contributed by atoms with Crippen molar-refractivity contribution in [1.82, 2.24) is 10.2 Å². The standard InChI is InChI=1S/C20H22N2O3/c1-13-4-3-5-15(8-13)11-22-12-16(10-19(22)24)21-20(25)17-9-14(2)6-7-18(17)23/h3-9,16,23H,10-12H2,1-2H3,(H,21,25). The van der Waals surface area contributed by atoms with Gasteiger partial charge in [-0.15, -0.1) is 0 Å². The number of phenols is 1. The molecule has 5 nitrogen and oxygen atoms in total. The molecule has 2 amide bonds. The van der Waals surface area contributed by atoms with Crippen molar-refractivity contribution in [2.45, 2.75) is 32.9 Å². The first-order valence-corrected chi connectivity index (χ1v) is 8.36. The monoisotopic (exact) mass is 338 g/mol. The second-order valence-electron chi connectivity index (χ2n) is 6.66. The van der Waals surface area contributed by atoms with Gasteiger partial charge in [-0.25, -0.2) is 0 Å². The molecular weight excluding hydrogens is 316 g/mol. The maximum absolute atomic E-state index is 12.4. The van der Waals surface area contributed by atoms with Gasteiger partial charge in [-0.3, -0.25) is 9.59 Å². The minimum absolute atomic E-state index is 0.0280.